The highest BCUT2D eigenvalue weighted by Gasteiger charge is 2.29. The van der Waals surface area contributed by atoms with Gasteiger partial charge in [-0.15, -0.1) is 0 Å². The first-order chi connectivity index (χ1) is 12.2. The van der Waals surface area contributed by atoms with Crippen molar-refractivity contribution >= 4 is 11.6 Å². The third kappa shape index (κ3) is 3.35. The minimum atomic E-state index is -0.154. The summed E-state index contributed by atoms with van der Waals surface area (Å²) in [5.41, 5.74) is 3.02. The molecule has 1 aliphatic heterocycles. The molecule has 0 unspecified atom stereocenters. The average molecular weight is 355 g/mol. The smallest absolute Gasteiger partial charge is 0.128 e. The van der Waals surface area contributed by atoms with Crippen LogP contribution in [0.2, 0.25) is 5.02 Å². The molecule has 4 heteroatoms. The van der Waals surface area contributed by atoms with Gasteiger partial charge in [0.1, 0.15) is 5.82 Å². The SMILES string of the molecule is Fc1ccccc1[C@@H]1c2cccn2CCCN1Cc1cccc(Cl)c1. The lowest BCUT2D eigenvalue weighted by Gasteiger charge is -2.31. The molecular formula is C21H20ClFN2. The Bertz CT molecular complexity index is 874. The Balaban J connectivity index is 1.77. The van der Waals surface area contributed by atoms with Crippen molar-refractivity contribution < 1.29 is 4.39 Å². The lowest BCUT2D eigenvalue weighted by Crippen LogP contribution is -2.30. The van der Waals surface area contributed by atoms with Crippen LogP contribution >= 0.6 is 11.6 Å². The molecule has 0 N–H and O–H groups in total. The molecule has 2 nitrogen and oxygen atoms in total. The van der Waals surface area contributed by atoms with E-state index in [9.17, 15) is 4.39 Å². The zero-order valence-electron chi connectivity index (χ0n) is 13.9. The Morgan fingerprint density at radius 1 is 1.00 bits per heavy atom. The largest absolute Gasteiger partial charge is 0.350 e. The molecule has 2 heterocycles. The van der Waals surface area contributed by atoms with Crippen LogP contribution < -0.4 is 0 Å². The van der Waals surface area contributed by atoms with Gasteiger partial charge in [0, 0.05) is 42.1 Å². The molecule has 128 valence electrons. The van der Waals surface area contributed by atoms with Crippen LogP contribution in [0.1, 0.15) is 29.3 Å². The molecule has 0 saturated carbocycles. The third-order valence-electron chi connectivity index (χ3n) is 4.83. The Morgan fingerprint density at radius 2 is 1.88 bits per heavy atom. The van der Waals surface area contributed by atoms with Crippen LogP contribution in [0.5, 0.6) is 0 Å². The fraction of sp³-hybridized carbons (Fsp3) is 0.238. The Hall–Kier alpha value is -2.10. The second-order valence-electron chi connectivity index (χ2n) is 6.50. The highest BCUT2D eigenvalue weighted by Crippen LogP contribution is 2.34. The Labute approximate surface area is 152 Å². The van der Waals surface area contributed by atoms with E-state index < -0.39 is 0 Å². The number of fused-ring (bicyclic) bond motifs is 1. The number of halogens is 2. The van der Waals surface area contributed by atoms with Crippen LogP contribution in [0.4, 0.5) is 4.39 Å². The third-order valence-corrected chi connectivity index (χ3v) is 5.06. The molecule has 1 aliphatic rings. The number of hydrogen-bond acceptors (Lipinski definition) is 1. The van der Waals surface area contributed by atoms with Gasteiger partial charge in [-0.05, 0) is 42.3 Å². The Kier molecular flexibility index (Phi) is 4.60. The van der Waals surface area contributed by atoms with Crippen molar-refractivity contribution in [2.75, 3.05) is 6.54 Å². The zero-order chi connectivity index (χ0) is 17.2. The highest BCUT2D eigenvalue weighted by atomic mass is 35.5. The topological polar surface area (TPSA) is 8.17 Å². The summed E-state index contributed by atoms with van der Waals surface area (Å²) >= 11 is 6.15. The van der Waals surface area contributed by atoms with E-state index in [4.69, 9.17) is 11.6 Å². The predicted molar refractivity (Wildman–Crippen MR) is 99.2 cm³/mol. The lowest BCUT2D eigenvalue weighted by molar-refractivity contribution is 0.216. The molecule has 4 rings (SSSR count). The molecule has 1 aromatic heterocycles. The van der Waals surface area contributed by atoms with Crippen molar-refractivity contribution in [1.82, 2.24) is 9.47 Å². The molecule has 0 bridgehead atoms. The van der Waals surface area contributed by atoms with Gasteiger partial charge in [0.05, 0.1) is 6.04 Å². The molecule has 0 radical (unpaired) electrons. The van der Waals surface area contributed by atoms with Crippen molar-refractivity contribution in [2.45, 2.75) is 25.6 Å². The van der Waals surface area contributed by atoms with E-state index >= 15 is 0 Å². The van der Waals surface area contributed by atoms with Gasteiger partial charge in [-0.25, -0.2) is 4.39 Å². The normalized spacial score (nSPS) is 17.9. The van der Waals surface area contributed by atoms with Gasteiger partial charge in [0.25, 0.3) is 0 Å². The van der Waals surface area contributed by atoms with Crippen LogP contribution in [0.15, 0.2) is 66.9 Å². The van der Waals surface area contributed by atoms with Gasteiger partial charge in [0.15, 0.2) is 0 Å². The van der Waals surface area contributed by atoms with E-state index in [0.29, 0.717) is 0 Å². The number of hydrogen-bond donors (Lipinski definition) is 0. The maximum Gasteiger partial charge on any atom is 0.128 e. The first-order valence-corrected chi connectivity index (χ1v) is 8.98. The second-order valence-corrected chi connectivity index (χ2v) is 6.94. The van der Waals surface area contributed by atoms with Crippen LogP contribution in [0, 0.1) is 5.82 Å². The number of rotatable bonds is 3. The summed E-state index contributed by atoms with van der Waals surface area (Å²) in [4.78, 5) is 2.35. The molecule has 1 atom stereocenters. The summed E-state index contributed by atoms with van der Waals surface area (Å²) in [6, 6.07) is 19.1. The van der Waals surface area contributed by atoms with Gasteiger partial charge in [-0.1, -0.05) is 41.9 Å². The first kappa shape index (κ1) is 16.4. The predicted octanol–water partition coefficient (Wildman–Crippen LogP) is 5.28. The molecule has 0 spiro atoms. The molecule has 2 aromatic carbocycles. The molecule has 0 fully saturated rings. The zero-order valence-corrected chi connectivity index (χ0v) is 14.7. The van der Waals surface area contributed by atoms with Crippen LogP contribution in [-0.4, -0.2) is 16.0 Å². The van der Waals surface area contributed by atoms with E-state index in [-0.39, 0.29) is 11.9 Å². The van der Waals surface area contributed by atoms with Crippen molar-refractivity contribution in [1.29, 1.82) is 0 Å². The van der Waals surface area contributed by atoms with Gasteiger partial charge < -0.3 is 4.57 Å². The van der Waals surface area contributed by atoms with Crippen LogP contribution in [0.25, 0.3) is 0 Å². The number of aryl methyl sites for hydroxylation is 1. The standard InChI is InChI=1S/C21H20ClFN2/c22-17-7-3-6-16(14-17)15-25-13-5-12-24-11-4-10-20(24)21(25)18-8-1-2-9-19(18)23/h1-4,6-11,14,21H,5,12-13,15H2/t21-/m1/s1. The highest BCUT2D eigenvalue weighted by molar-refractivity contribution is 6.30. The molecule has 0 aliphatic carbocycles. The maximum atomic E-state index is 14.6. The Morgan fingerprint density at radius 3 is 2.72 bits per heavy atom. The van der Waals surface area contributed by atoms with Crippen LogP contribution in [-0.2, 0) is 13.1 Å². The summed E-state index contributed by atoms with van der Waals surface area (Å²) < 4.78 is 16.9. The lowest BCUT2D eigenvalue weighted by atomic mass is 10.0. The van der Waals surface area contributed by atoms with E-state index in [2.05, 4.69) is 27.8 Å². The van der Waals surface area contributed by atoms with Gasteiger partial charge in [-0.3, -0.25) is 4.90 Å². The van der Waals surface area contributed by atoms with Crippen molar-refractivity contribution in [3.8, 4) is 0 Å². The summed E-state index contributed by atoms with van der Waals surface area (Å²) in [6.07, 6.45) is 3.12. The quantitative estimate of drug-likeness (QED) is 0.621. The summed E-state index contributed by atoms with van der Waals surface area (Å²) in [5, 5.41) is 0.734. The summed E-state index contributed by atoms with van der Waals surface area (Å²) in [7, 11) is 0. The molecular weight excluding hydrogens is 335 g/mol. The minimum Gasteiger partial charge on any atom is -0.350 e. The molecule has 0 saturated heterocycles. The van der Waals surface area contributed by atoms with Crippen molar-refractivity contribution in [3.63, 3.8) is 0 Å². The van der Waals surface area contributed by atoms with Gasteiger partial charge in [0.2, 0.25) is 0 Å². The summed E-state index contributed by atoms with van der Waals surface area (Å²) in [6.45, 7) is 2.61. The molecule has 3 aromatic rings. The monoisotopic (exact) mass is 354 g/mol. The number of benzene rings is 2. The fourth-order valence-corrected chi connectivity index (χ4v) is 3.95. The van der Waals surface area contributed by atoms with Gasteiger partial charge in [-0.2, -0.15) is 0 Å². The second kappa shape index (κ2) is 7.03. The van der Waals surface area contributed by atoms with E-state index in [1.807, 2.05) is 36.4 Å². The molecule has 25 heavy (non-hydrogen) atoms. The molecule has 0 amide bonds. The fourth-order valence-electron chi connectivity index (χ4n) is 3.73. The van der Waals surface area contributed by atoms with Crippen LogP contribution in [0.3, 0.4) is 0 Å². The first-order valence-electron chi connectivity index (χ1n) is 8.60. The minimum absolute atomic E-state index is 0.0994. The summed E-state index contributed by atoms with van der Waals surface area (Å²) in [5.74, 6) is -0.154. The van der Waals surface area contributed by atoms with Gasteiger partial charge >= 0.3 is 0 Å². The maximum absolute atomic E-state index is 14.6. The number of nitrogens with zero attached hydrogens (tertiary/aromatic N) is 2. The number of aromatic nitrogens is 1. The van der Waals surface area contributed by atoms with Crippen molar-refractivity contribution in [3.05, 3.63) is 94.5 Å². The van der Waals surface area contributed by atoms with E-state index in [1.165, 1.54) is 0 Å². The van der Waals surface area contributed by atoms with E-state index in [0.717, 1.165) is 47.9 Å². The van der Waals surface area contributed by atoms with E-state index in [1.54, 1.807) is 12.1 Å². The average Bonchev–Trinajstić information content (AvgIpc) is 2.98. The van der Waals surface area contributed by atoms with Crippen molar-refractivity contribution in [2.24, 2.45) is 0 Å².